The van der Waals surface area contributed by atoms with Crippen molar-refractivity contribution in [1.29, 1.82) is 0 Å². The van der Waals surface area contributed by atoms with Crippen molar-refractivity contribution in [2.45, 2.75) is 90.9 Å². The van der Waals surface area contributed by atoms with Gasteiger partial charge in [-0.1, -0.05) is 57.6 Å². The van der Waals surface area contributed by atoms with E-state index in [0.717, 1.165) is 69.8 Å². The first-order valence-corrected chi connectivity index (χ1v) is 10.2. The molecule has 1 aliphatic carbocycles. The summed E-state index contributed by atoms with van der Waals surface area (Å²) in [6.07, 6.45) is 13.2. The van der Waals surface area contributed by atoms with Crippen LogP contribution in [0.2, 0.25) is 0 Å². The monoisotopic (exact) mass is 392 g/mol. The normalized spacial score (nSPS) is 17.5. The van der Waals surface area contributed by atoms with Crippen molar-refractivity contribution in [1.82, 2.24) is 0 Å². The second-order valence-electron chi connectivity index (χ2n) is 7.49. The first kappa shape index (κ1) is 26.3. The Bertz CT molecular complexity index is 447. The van der Waals surface area contributed by atoms with E-state index in [0.29, 0.717) is 12.8 Å². The van der Waals surface area contributed by atoms with Crippen LogP contribution in [-0.4, -0.2) is 73.5 Å². The summed E-state index contributed by atoms with van der Waals surface area (Å²) in [6.45, 7) is 4.16. The van der Waals surface area contributed by atoms with Crippen LogP contribution in [0.15, 0.2) is 11.6 Å². The average molecular weight is 393 g/mol. The molecule has 0 aromatic heterocycles. The quantitative estimate of drug-likeness (QED) is 0.262. The molecule has 1 aliphatic rings. The van der Waals surface area contributed by atoms with Gasteiger partial charge >= 0.3 is 63.3 Å². The predicted molar refractivity (Wildman–Crippen MR) is 108 cm³/mol. The van der Waals surface area contributed by atoms with E-state index in [1.54, 1.807) is 0 Å². The third-order valence-electron chi connectivity index (χ3n) is 5.52. The number of hydrogen-bond donors (Lipinski definition) is 2. The fourth-order valence-electron chi connectivity index (χ4n) is 4.08. The van der Waals surface area contributed by atoms with Crippen LogP contribution >= 0.6 is 0 Å². The van der Waals surface area contributed by atoms with E-state index in [4.69, 9.17) is 0 Å². The molecular formula is C21H37KO4. The van der Waals surface area contributed by atoms with Crippen LogP contribution in [0.3, 0.4) is 0 Å². The second-order valence-corrected chi connectivity index (χ2v) is 7.49. The zero-order valence-corrected chi connectivity index (χ0v) is 16.0. The van der Waals surface area contributed by atoms with Crippen LogP contribution in [0, 0.1) is 17.8 Å². The number of carbonyl (C=O) groups is 2. The molecule has 0 bridgehead atoms. The zero-order valence-electron chi connectivity index (χ0n) is 16.0. The molecule has 0 aromatic rings. The Kier molecular flexibility index (Phi) is 15.4. The van der Waals surface area contributed by atoms with Gasteiger partial charge in [-0.3, -0.25) is 9.59 Å². The third kappa shape index (κ3) is 9.49. The van der Waals surface area contributed by atoms with Gasteiger partial charge in [-0.15, -0.1) is 0 Å². The van der Waals surface area contributed by atoms with Gasteiger partial charge in [-0.25, -0.2) is 0 Å². The van der Waals surface area contributed by atoms with Crippen LogP contribution in [0.4, 0.5) is 0 Å². The summed E-state index contributed by atoms with van der Waals surface area (Å²) in [5.41, 5.74) is 1.03. The van der Waals surface area contributed by atoms with E-state index in [-0.39, 0.29) is 57.3 Å². The van der Waals surface area contributed by atoms with Crippen molar-refractivity contribution >= 4 is 63.3 Å². The Hall–Kier alpha value is 0.316. The molecule has 3 unspecified atom stereocenters. The molecular weight excluding hydrogens is 355 g/mol. The van der Waals surface area contributed by atoms with Gasteiger partial charge in [0.1, 0.15) is 0 Å². The molecule has 5 heteroatoms. The van der Waals surface area contributed by atoms with Crippen LogP contribution in [0.5, 0.6) is 0 Å². The predicted octanol–water partition coefficient (Wildman–Crippen LogP) is 5.02. The molecule has 0 saturated heterocycles. The SMILES string of the molecule is CCCCCCC(CC(C(=O)O)C1=CCCCC1)C(CCC)C(=O)O.[KH]. The van der Waals surface area contributed by atoms with E-state index < -0.39 is 23.8 Å². The van der Waals surface area contributed by atoms with Gasteiger partial charge in [-0.05, 0) is 50.9 Å². The van der Waals surface area contributed by atoms with Crippen molar-refractivity contribution in [3.63, 3.8) is 0 Å². The molecule has 2 N–H and O–H groups in total. The summed E-state index contributed by atoms with van der Waals surface area (Å²) >= 11 is 0. The molecule has 26 heavy (non-hydrogen) atoms. The molecule has 0 fully saturated rings. The number of hydrogen-bond acceptors (Lipinski definition) is 2. The maximum absolute atomic E-state index is 11.9. The first-order chi connectivity index (χ1) is 12.0. The number of unbranched alkanes of at least 4 members (excludes halogenated alkanes) is 3. The number of aliphatic carboxylic acids is 2. The molecule has 0 radical (unpaired) electrons. The molecule has 146 valence electrons. The van der Waals surface area contributed by atoms with Crippen molar-refractivity contribution in [3.05, 3.63) is 11.6 Å². The van der Waals surface area contributed by atoms with Gasteiger partial charge in [0.05, 0.1) is 11.8 Å². The second kappa shape index (κ2) is 15.3. The average Bonchev–Trinajstić information content (AvgIpc) is 2.59. The van der Waals surface area contributed by atoms with Crippen LogP contribution in [0.25, 0.3) is 0 Å². The van der Waals surface area contributed by atoms with Crippen LogP contribution in [0.1, 0.15) is 90.9 Å². The van der Waals surface area contributed by atoms with E-state index in [9.17, 15) is 19.8 Å². The van der Waals surface area contributed by atoms with Gasteiger partial charge in [0.2, 0.25) is 0 Å². The summed E-state index contributed by atoms with van der Waals surface area (Å²) in [4.78, 5) is 23.7. The van der Waals surface area contributed by atoms with E-state index in [1.165, 1.54) is 0 Å². The minimum absolute atomic E-state index is 0. The molecule has 0 aromatic carbocycles. The van der Waals surface area contributed by atoms with E-state index in [2.05, 4.69) is 13.0 Å². The Labute approximate surface area is 201 Å². The number of allylic oxidation sites excluding steroid dienone is 1. The number of rotatable bonds is 13. The maximum atomic E-state index is 11.9. The first-order valence-electron chi connectivity index (χ1n) is 10.2. The van der Waals surface area contributed by atoms with Gasteiger partial charge in [0.15, 0.2) is 0 Å². The molecule has 0 heterocycles. The van der Waals surface area contributed by atoms with Crippen molar-refractivity contribution in [3.8, 4) is 0 Å². The van der Waals surface area contributed by atoms with Crippen molar-refractivity contribution in [2.24, 2.45) is 17.8 Å². The fraction of sp³-hybridized carbons (Fsp3) is 0.810. The van der Waals surface area contributed by atoms with E-state index >= 15 is 0 Å². The number of carboxylic acids is 2. The number of carboxylic acid groups (broad SMARTS) is 2. The Morgan fingerprint density at radius 1 is 1.00 bits per heavy atom. The summed E-state index contributed by atoms with van der Waals surface area (Å²) in [5, 5.41) is 19.4. The van der Waals surface area contributed by atoms with Crippen LogP contribution in [-0.2, 0) is 9.59 Å². The molecule has 0 aliphatic heterocycles. The fourth-order valence-corrected chi connectivity index (χ4v) is 4.08. The van der Waals surface area contributed by atoms with Crippen molar-refractivity contribution < 1.29 is 19.8 Å². The minimum atomic E-state index is -0.785. The summed E-state index contributed by atoms with van der Waals surface area (Å²) in [7, 11) is 0. The van der Waals surface area contributed by atoms with Crippen LogP contribution < -0.4 is 0 Å². The van der Waals surface area contributed by atoms with Gasteiger partial charge < -0.3 is 10.2 Å². The molecule has 0 saturated carbocycles. The molecule has 0 spiro atoms. The topological polar surface area (TPSA) is 74.6 Å². The standard InChI is InChI=1S/C21H36O4.K.H/c1-3-5-6-8-14-17(18(11-4-2)20(22)23)15-19(21(24)25)16-12-9-7-10-13-16;;/h12,17-19H,3-11,13-15H2,1-2H3,(H,22,23)(H,24,25);;. The molecule has 4 nitrogen and oxygen atoms in total. The van der Waals surface area contributed by atoms with Gasteiger partial charge in [0.25, 0.3) is 0 Å². The third-order valence-corrected chi connectivity index (χ3v) is 5.52. The summed E-state index contributed by atoms with van der Waals surface area (Å²) in [6, 6.07) is 0. The Morgan fingerprint density at radius 3 is 2.23 bits per heavy atom. The van der Waals surface area contributed by atoms with Crippen molar-refractivity contribution in [2.75, 3.05) is 0 Å². The summed E-state index contributed by atoms with van der Waals surface area (Å²) in [5.74, 6) is -2.51. The Morgan fingerprint density at radius 2 is 1.73 bits per heavy atom. The molecule has 0 amide bonds. The molecule has 3 atom stereocenters. The van der Waals surface area contributed by atoms with Gasteiger partial charge in [0, 0.05) is 0 Å². The zero-order chi connectivity index (χ0) is 18.7. The Balaban J connectivity index is 0.00000625. The summed E-state index contributed by atoms with van der Waals surface area (Å²) < 4.78 is 0. The van der Waals surface area contributed by atoms with E-state index in [1.807, 2.05) is 6.92 Å². The van der Waals surface area contributed by atoms with Gasteiger partial charge in [-0.2, -0.15) is 0 Å². The molecule has 1 rings (SSSR count).